The average molecular weight is 345 g/mol. The molecule has 0 aromatic carbocycles. The minimum absolute atomic E-state index is 0.377. The summed E-state index contributed by atoms with van der Waals surface area (Å²) in [6.07, 6.45) is 4.41. The zero-order chi connectivity index (χ0) is 11.4. The smallest absolute Gasteiger partial charge is 0.143 e. The number of nitrogens with zero attached hydrogens (tertiary/aromatic N) is 2. The Morgan fingerprint density at radius 1 is 1.56 bits per heavy atom. The fourth-order valence-electron chi connectivity index (χ4n) is 1.43. The first-order chi connectivity index (χ1) is 7.75. The number of hydrogen-bond acceptors (Lipinski definition) is 4. The topological polar surface area (TPSA) is 37.8 Å². The van der Waals surface area contributed by atoms with Gasteiger partial charge in [-0.25, -0.2) is 9.97 Å². The van der Waals surface area contributed by atoms with Crippen LogP contribution in [0, 0.1) is 3.57 Å². The predicted octanol–water partition coefficient (Wildman–Crippen LogP) is 3.19. The predicted molar refractivity (Wildman–Crippen MR) is 75.9 cm³/mol. The second-order valence-corrected chi connectivity index (χ2v) is 5.74. The number of thiophene rings is 1. The molecule has 0 amide bonds. The number of nitrogens with one attached hydrogen (secondary N) is 1. The van der Waals surface area contributed by atoms with Gasteiger partial charge in [-0.3, -0.25) is 0 Å². The van der Waals surface area contributed by atoms with Crippen LogP contribution < -0.4 is 5.32 Å². The van der Waals surface area contributed by atoms with Crippen LogP contribution >= 0.6 is 33.9 Å². The Labute approximate surface area is 112 Å². The summed E-state index contributed by atoms with van der Waals surface area (Å²) < 4.78 is 1.05. The minimum atomic E-state index is 0.377. The molecular weight excluding hydrogens is 333 g/mol. The van der Waals surface area contributed by atoms with E-state index in [9.17, 15) is 0 Å². The van der Waals surface area contributed by atoms with Gasteiger partial charge in [0.2, 0.25) is 0 Å². The van der Waals surface area contributed by atoms with E-state index in [-0.39, 0.29) is 0 Å². The fraction of sp³-hybridized carbons (Fsp3) is 0.273. The largest absolute Gasteiger partial charge is 0.366 e. The molecule has 5 heteroatoms. The molecule has 2 rings (SSSR count). The van der Waals surface area contributed by atoms with Crippen LogP contribution in [0.15, 0.2) is 30.0 Å². The summed E-state index contributed by atoms with van der Waals surface area (Å²) in [5, 5.41) is 5.50. The average Bonchev–Trinajstić information content (AvgIpc) is 2.74. The number of anilines is 1. The summed E-state index contributed by atoms with van der Waals surface area (Å²) in [7, 11) is 0. The summed E-state index contributed by atoms with van der Waals surface area (Å²) in [5.41, 5.74) is 0. The van der Waals surface area contributed by atoms with E-state index in [0.717, 1.165) is 15.8 Å². The van der Waals surface area contributed by atoms with Gasteiger partial charge in [0, 0.05) is 23.5 Å². The highest BCUT2D eigenvalue weighted by Gasteiger charge is 2.07. The summed E-state index contributed by atoms with van der Waals surface area (Å²) >= 11 is 4.03. The van der Waals surface area contributed by atoms with Crippen LogP contribution in [0.5, 0.6) is 0 Å². The first-order valence-corrected chi connectivity index (χ1v) is 6.96. The van der Waals surface area contributed by atoms with Crippen molar-refractivity contribution in [3.63, 3.8) is 0 Å². The van der Waals surface area contributed by atoms with Gasteiger partial charge in [0.1, 0.15) is 12.1 Å². The lowest BCUT2D eigenvalue weighted by Crippen LogP contribution is -2.19. The minimum Gasteiger partial charge on any atom is -0.366 e. The maximum Gasteiger partial charge on any atom is 0.143 e. The molecule has 0 fully saturated rings. The van der Waals surface area contributed by atoms with E-state index in [1.54, 1.807) is 17.7 Å². The summed E-state index contributed by atoms with van der Waals surface area (Å²) in [5.74, 6) is 0.916. The standard InChI is InChI=1S/C11H12IN3S/c1-8(5-9-3-2-4-16-9)15-11-10(12)6-13-7-14-11/h2-4,6-8H,5H2,1H3,(H,13,14,15). The van der Waals surface area contributed by atoms with Gasteiger partial charge in [-0.15, -0.1) is 11.3 Å². The lowest BCUT2D eigenvalue weighted by atomic mass is 10.2. The van der Waals surface area contributed by atoms with Gasteiger partial charge >= 0.3 is 0 Å². The SMILES string of the molecule is CC(Cc1cccs1)Nc1ncncc1I. The first-order valence-electron chi connectivity index (χ1n) is 5.00. The Morgan fingerprint density at radius 3 is 3.12 bits per heavy atom. The molecule has 1 unspecified atom stereocenters. The summed E-state index contributed by atoms with van der Waals surface area (Å²) in [6, 6.07) is 4.62. The number of rotatable bonds is 4. The lowest BCUT2D eigenvalue weighted by molar-refractivity contribution is 0.792. The lowest BCUT2D eigenvalue weighted by Gasteiger charge is -2.14. The zero-order valence-electron chi connectivity index (χ0n) is 8.85. The van der Waals surface area contributed by atoms with Crippen LogP contribution in [-0.2, 0) is 6.42 Å². The highest BCUT2D eigenvalue weighted by molar-refractivity contribution is 14.1. The Kier molecular flexibility index (Phi) is 4.11. The molecule has 1 atom stereocenters. The van der Waals surface area contributed by atoms with Crippen LogP contribution in [0.1, 0.15) is 11.8 Å². The van der Waals surface area contributed by atoms with Crippen molar-refractivity contribution in [3.05, 3.63) is 38.5 Å². The molecule has 3 nitrogen and oxygen atoms in total. The van der Waals surface area contributed by atoms with Crippen molar-refractivity contribution in [2.75, 3.05) is 5.32 Å². The quantitative estimate of drug-likeness (QED) is 0.865. The van der Waals surface area contributed by atoms with E-state index in [2.05, 4.69) is 62.3 Å². The molecule has 2 aromatic heterocycles. The number of aromatic nitrogens is 2. The van der Waals surface area contributed by atoms with Gasteiger partial charge in [-0.1, -0.05) is 6.07 Å². The van der Waals surface area contributed by atoms with Gasteiger partial charge in [0.05, 0.1) is 3.57 Å². The van der Waals surface area contributed by atoms with Crippen LogP contribution in [0.2, 0.25) is 0 Å². The van der Waals surface area contributed by atoms with Crippen molar-refractivity contribution in [1.82, 2.24) is 9.97 Å². The third-order valence-electron chi connectivity index (χ3n) is 2.14. The summed E-state index contributed by atoms with van der Waals surface area (Å²) in [4.78, 5) is 9.59. The molecule has 0 aliphatic carbocycles. The molecular formula is C11H12IN3S. The van der Waals surface area contributed by atoms with E-state index < -0.39 is 0 Å². The van der Waals surface area contributed by atoms with Crippen molar-refractivity contribution in [1.29, 1.82) is 0 Å². The first kappa shape index (κ1) is 11.8. The Bertz CT molecular complexity index is 444. The zero-order valence-corrected chi connectivity index (χ0v) is 11.8. The van der Waals surface area contributed by atoms with E-state index in [0.29, 0.717) is 6.04 Å². The van der Waals surface area contributed by atoms with Crippen molar-refractivity contribution in [2.45, 2.75) is 19.4 Å². The molecule has 0 bridgehead atoms. The van der Waals surface area contributed by atoms with E-state index >= 15 is 0 Å². The van der Waals surface area contributed by atoms with E-state index in [1.807, 2.05) is 6.20 Å². The fourth-order valence-corrected chi connectivity index (χ4v) is 2.72. The Morgan fingerprint density at radius 2 is 2.44 bits per heavy atom. The third-order valence-corrected chi connectivity index (χ3v) is 3.83. The van der Waals surface area contributed by atoms with Crippen molar-refractivity contribution in [3.8, 4) is 0 Å². The molecule has 0 aliphatic rings. The molecule has 0 saturated heterocycles. The monoisotopic (exact) mass is 345 g/mol. The van der Waals surface area contributed by atoms with Crippen molar-refractivity contribution < 1.29 is 0 Å². The Balaban J connectivity index is 1.97. The van der Waals surface area contributed by atoms with E-state index in [1.165, 1.54) is 4.88 Å². The molecule has 16 heavy (non-hydrogen) atoms. The Hall–Kier alpha value is -0.690. The second-order valence-electron chi connectivity index (χ2n) is 3.55. The molecule has 0 radical (unpaired) electrons. The van der Waals surface area contributed by atoms with Crippen LogP contribution in [0.4, 0.5) is 5.82 Å². The van der Waals surface area contributed by atoms with Gasteiger partial charge in [-0.2, -0.15) is 0 Å². The maximum atomic E-state index is 4.22. The molecule has 0 saturated carbocycles. The van der Waals surface area contributed by atoms with Gasteiger partial charge in [0.25, 0.3) is 0 Å². The third kappa shape index (κ3) is 3.15. The molecule has 2 heterocycles. The molecule has 0 spiro atoms. The van der Waals surface area contributed by atoms with Crippen molar-refractivity contribution >= 4 is 39.7 Å². The van der Waals surface area contributed by atoms with Crippen LogP contribution in [0.3, 0.4) is 0 Å². The normalized spacial score (nSPS) is 12.4. The molecule has 1 N–H and O–H groups in total. The van der Waals surface area contributed by atoms with Crippen LogP contribution in [-0.4, -0.2) is 16.0 Å². The van der Waals surface area contributed by atoms with Gasteiger partial charge < -0.3 is 5.32 Å². The number of halogens is 1. The summed E-state index contributed by atoms with van der Waals surface area (Å²) in [6.45, 7) is 2.16. The number of hydrogen-bond donors (Lipinski definition) is 1. The maximum absolute atomic E-state index is 4.22. The van der Waals surface area contributed by atoms with Crippen molar-refractivity contribution in [2.24, 2.45) is 0 Å². The van der Waals surface area contributed by atoms with Gasteiger partial charge in [0.15, 0.2) is 0 Å². The van der Waals surface area contributed by atoms with E-state index in [4.69, 9.17) is 0 Å². The van der Waals surface area contributed by atoms with Gasteiger partial charge in [-0.05, 0) is 41.0 Å². The molecule has 2 aromatic rings. The second kappa shape index (κ2) is 5.58. The van der Waals surface area contributed by atoms with Crippen LogP contribution in [0.25, 0.3) is 0 Å². The highest BCUT2D eigenvalue weighted by atomic mass is 127. The molecule has 84 valence electrons. The molecule has 0 aliphatic heterocycles. The highest BCUT2D eigenvalue weighted by Crippen LogP contribution is 2.16.